The summed E-state index contributed by atoms with van der Waals surface area (Å²) in [4.78, 5) is 24.9. The number of benzene rings is 3. The Hall–Kier alpha value is -4.06. The number of fused-ring (bicyclic) bond motifs is 1. The first-order valence-corrected chi connectivity index (χ1v) is 10.2. The van der Waals surface area contributed by atoms with E-state index in [4.69, 9.17) is 13.9 Å². The minimum Gasteiger partial charge on any atom is -0.484 e. The van der Waals surface area contributed by atoms with Crippen molar-refractivity contribution >= 4 is 22.6 Å². The summed E-state index contributed by atoms with van der Waals surface area (Å²) in [6.45, 7) is 5.74. The molecule has 6 nitrogen and oxygen atoms in total. The van der Waals surface area contributed by atoms with E-state index in [1.807, 2.05) is 63.2 Å². The molecule has 162 valence electrons. The van der Waals surface area contributed by atoms with Crippen LogP contribution in [-0.4, -0.2) is 12.5 Å². The van der Waals surface area contributed by atoms with E-state index >= 15 is 0 Å². The van der Waals surface area contributed by atoms with Gasteiger partial charge < -0.3 is 19.2 Å². The van der Waals surface area contributed by atoms with Gasteiger partial charge in [-0.15, -0.1) is 0 Å². The van der Waals surface area contributed by atoms with Gasteiger partial charge in [0.15, 0.2) is 6.61 Å². The molecular weight excluding hydrogens is 406 g/mol. The van der Waals surface area contributed by atoms with E-state index in [1.54, 1.807) is 18.2 Å². The molecule has 0 radical (unpaired) electrons. The molecule has 1 heterocycles. The number of carbonyl (C=O) groups is 1. The van der Waals surface area contributed by atoms with Gasteiger partial charge in [0.1, 0.15) is 23.3 Å². The monoisotopic (exact) mass is 429 g/mol. The molecule has 0 saturated heterocycles. The van der Waals surface area contributed by atoms with Crippen LogP contribution in [0, 0.1) is 20.8 Å². The van der Waals surface area contributed by atoms with Gasteiger partial charge in [-0.1, -0.05) is 23.8 Å². The first-order valence-electron chi connectivity index (χ1n) is 10.2. The van der Waals surface area contributed by atoms with Gasteiger partial charge in [0.2, 0.25) is 11.2 Å². The third-order valence-corrected chi connectivity index (χ3v) is 4.84. The molecule has 0 atom stereocenters. The summed E-state index contributed by atoms with van der Waals surface area (Å²) in [5.74, 6) is 0.817. The predicted octanol–water partition coefficient (Wildman–Crippen LogP) is 5.53. The zero-order chi connectivity index (χ0) is 22.7. The fourth-order valence-electron chi connectivity index (χ4n) is 3.35. The molecule has 0 bridgehead atoms. The summed E-state index contributed by atoms with van der Waals surface area (Å²) in [6.07, 6.45) is 1.29. The van der Waals surface area contributed by atoms with Gasteiger partial charge in [0.25, 0.3) is 5.91 Å². The maximum Gasteiger partial charge on any atom is 0.262 e. The molecule has 3 aromatic carbocycles. The highest BCUT2D eigenvalue weighted by atomic mass is 16.5. The second-order valence-electron chi connectivity index (χ2n) is 7.72. The minimum atomic E-state index is -0.285. The largest absolute Gasteiger partial charge is 0.484 e. The van der Waals surface area contributed by atoms with E-state index in [9.17, 15) is 9.59 Å². The predicted molar refractivity (Wildman–Crippen MR) is 124 cm³/mol. The van der Waals surface area contributed by atoms with Crippen LogP contribution in [0.15, 0.2) is 76.1 Å². The average Bonchev–Trinajstić information content (AvgIpc) is 2.75. The van der Waals surface area contributed by atoms with E-state index in [0.717, 1.165) is 16.7 Å². The number of ether oxygens (including phenoxy) is 2. The molecule has 0 fully saturated rings. The number of anilines is 1. The van der Waals surface area contributed by atoms with Gasteiger partial charge in [-0.3, -0.25) is 9.59 Å². The van der Waals surface area contributed by atoms with Crippen molar-refractivity contribution in [1.29, 1.82) is 0 Å². The third-order valence-electron chi connectivity index (χ3n) is 4.84. The average molecular weight is 429 g/mol. The minimum absolute atomic E-state index is 0.105. The molecule has 0 aliphatic heterocycles. The molecule has 4 aromatic rings. The van der Waals surface area contributed by atoms with Crippen LogP contribution in [0.5, 0.6) is 17.2 Å². The molecule has 6 heteroatoms. The van der Waals surface area contributed by atoms with Gasteiger partial charge in [-0.05, 0) is 68.3 Å². The summed E-state index contributed by atoms with van der Waals surface area (Å²) < 4.78 is 16.9. The van der Waals surface area contributed by atoms with Crippen LogP contribution in [0.4, 0.5) is 5.69 Å². The maximum atomic E-state index is 12.8. The Bertz CT molecular complexity index is 1320. The standard InChI is InChI=1S/C26H23NO5/c1-16-4-6-19(7-5-16)27-25(28)15-30-20-8-9-22-23(13-20)31-14-24(26(22)29)32-21-11-17(2)10-18(3)12-21/h4-14H,15H2,1-3H3,(H,27,28). The van der Waals surface area contributed by atoms with Gasteiger partial charge in [-0.25, -0.2) is 0 Å². The van der Waals surface area contributed by atoms with Crippen LogP contribution >= 0.6 is 0 Å². The van der Waals surface area contributed by atoms with Crippen molar-refractivity contribution in [2.45, 2.75) is 20.8 Å². The number of hydrogen-bond donors (Lipinski definition) is 1. The number of carbonyl (C=O) groups excluding carboxylic acids is 1. The molecule has 1 amide bonds. The zero-order valence-electron chi connectivity index (χ0n) is 18.1. The zero-order valence-corrected chi connectivity index (χ0v) is 18.1. The van der Waals surface area contributed by atoms with Crippen molar-refractivity contribution < 1.29 is 18.7 Å². The molecule has 0 aliphatic carbocycles. The molecule has 4 rings (SSSR count). The third kappa shape index (κ3) is 4.98. The number of nitrogens with one attached hydrogen (secondary N) is 1. The van der Waals surface area contributed by atoms with Crippen molar-refractivity contribution in [2.24, 2.45) is 0 Å². The van der Waals surface area contributed by atoms with Gasteiger partial charge in [0, 0.05) is 11.8 Å². The molecular formula is C26H23NO5. The molecule has 0 unspecified atom stereocenters. The Morgan fingerprint density at radius 2 is 1.59 bits per heavy atom. The van der Waals surface area contributed by atoms with Crippen LogP contribution in [0.25, 0.3) is 11.0 Å². The Balaban J connectivity index is 1.46. The van der Waals surface area contributed by atoms with Crippen molar-refractivity contribution in [3.8, 4) is 17.2 Å². The van der Waals surface area contributed by atoms with Gasteiger partial charge in [0.05, 0.1) is 5.39 Å². The van der Waals surface area contributed by atoms with Crippen molar-refractivity contribution in [2.75, 3.05) is 11.9 Å². The summed E-state index contributed by atoms with van der Waals surface area (Å²) in [6, 6.07) is 18.0. The highest BCUT2D eigenvalue weighted by Gasteiger charge is 2.12. The molecule has 1 N–H and O–H groups in total. The Morgan fingerprint density at radius 3 is 2.31 bits per heavy atom. The number of aryl methyl sites for hydroxylation is 3. The van der Waals surface area contributed by atoms with Crippen LogP contribution in [0.1, 0.15) is 16.7 Å². The lowest BCUT2D eigenvalue weighted by Gasteiger charge is -2.09. The van der Waals surface area contributed by atoms with Gasteiger partial charge in [-0.2, -0.15) is 0 Å². The Kier molecular flexibility index (Phi) is 5.94. The lowest BCUT2D eigenvalue weighted by molar-refractivity contribution is -0.118. The maximum absolute atomic E-state index is 12.8. The summed E-state index contributed by atoms with van der Waals surface area (Å²) in [7, 11) is 0. The normalized spacial score (nSPS) is 10.7. The van der Waals surface area contributed by atoms with Crippen LogP contribution in [-0.2, 0) is 4.79 Å². The van der Waals surface area contributed by atoms with E-state index in [1.165, 1.54) is 6.26 Å². The van der Waals surface area contributed by atoms with E-state index in [-0.39, 0.29) is 23.7 Å². The van der Waals surface area contributed by atoms with Crippen LogP contribution in [0.3, 0.4) is 0 Å². The van der Waals surface area contributed by atoms with Crippen LogP contribution < -0.4 is 20.2 Å². The molecule has 0 aliphatic rings. The fraction of sp³-hybridized carbons (Fsp3) is 0.154. The summed E-state index contributed by atoms with van der Waals surface area (Å²) in [5, 5.41) is 3.13. The van der Waals surface area contributed by atoms with Crippen LogP contribution in [0.2, 0.25) is 0 Å². The molecule has 0 saturated carbocycles. The topological polar surface area (TPSA) is 77.8 Å². The lowest BCUT2D eigenvalue weighted by atomic mass is 10.1. The molecule has 0 spiro atoms. The molecule has 32 heavy (non-hydrogen) atoms. The highest BCUT2D eigenvalue weighted by molar-refractivity contribution is 5.92. The van der Waals surface area contributed by atoms with Crippen molar-refractivity contribution in [1.82, 2.24) is 0 Å². The van der Waals surface area contributed by atoms with Crippen molar-refractivity contribution in [3.05, 3.63) is 93.8 Å². The first-order chi connectivity index (χ1) is 15.4. The second-order valence-corrected chi connectivity index (χ2v) is 7.72. The quantitative estimate of drug-likeness (QED) is 0.436. The Labute approximate surface area is 185 Å². The fourth-order valence-corrected chi connectivity index (χ4v) is 3.35. The molecule has 1 aromatic heterocycles. The summed E-state index contributed by atoms with van der Waals surface area (Å²) in [5.41, 5.74) is 3.95. The SMILES string of the molecule is Cc1ccc(NC(=O)COc2ccc3c(=O)c(Oc4cc(C)cc(C)c4)coc3c2)cc1. The number of rotatable bonds is 6. The number of amides is 1. The van der Waals surface area contributed by atoms with Crippen molar-refractivity contribution in [3.63, 3.8) is 0 Å². The van der Waals surface area contributed by atoms with E-state index in [2.05, 4.69) is 5.32 Å². The van der Waals surface area contributed by atoms with Gasteiger partial charge >= 0.3 is 0 Å². The first kappa shape index (κ1) is 21.2. The van der Waals surface area contributed by atoms with E-state index < -0.39 is 0 Å². The lowest BCUT2D eigenvalue weighted by Crippen LogP contribution is -2.20. The Morgan fingerprint density at radius 1 is 0.875 bits per heavy atom. The second kappa shape index (κ2) is 8.98. The summed E-state index contributed by atoms with van der Waals surface area (Å²) >= 11 is 0. The smallest absolute Gasteiger partial charge is 0.262 e. The highest BCUT2D eigenvalue weighted by Crippen LogP contribution is 2.25. The number of hydrogen-bond acceptors (Lipinski definition) is 5. The van der Waals surface area contributed by atoms with E-state index in [0.29, 0.717) is 28.2 Å².